The van der Waals surface area contributed by atoms with Crippen molar-refractivity contribution in [3.8, 4) is 5.75 Å². The Labute approximate surface area is 194 Å². The molecule has 10 heteroatoms. The maximum atomic E-state index is 12.4. The van der Waals surface area contributed by atoms with Crippen LogP contribution in [0.15, 0.2) is 24.7 Å². The molecule has 3 heterocycles. The largest absolute Gasteiger partial charge is 0.494 e. The number of thiophene rings is 1. The van der Waals surface area contributed by atoms with Crippen molar-refractivity contribution in [3.63, 3.8) is 0 Å². The topological polar surface area (TPSA) is 105 Å². The summed E-state index contributed by atoms with van der Waals surface area (Å²) in [4.78, 5) is 25.4. The lowest BCUT2D eigenvalue weighted by atomic mass is 9.94. The zero-order valence-corrected chi connectivity index (χ0v) is 19.2. The molecule has 2 aliphatic rings. The normalized spacial score (nSPS) is 17.7. The predicted octanol–water partition coefficient (Wildman–Crippen LogP) is 4.41. The van der Waals surface area contributed by atoms with Gasteiger partial charge >= 0.3 is 6.09 Å². The summed E-state index contributed by atoms with van der Waals surface area (Å²) >= 11 is 1.65. The Bertz CT molecular complexity index is 1360. The van der Waals surface area contributed by atoms with Gasteiger partial charge < -0.3 is 19.7 Å². The average Bonchev–Trinajstić information content (AvgIpc) is 3.45. The number of fused-ring (bicyclic) bond motifs is 4. The van der Waals surface area contributed by atoms with E-state index in [1.54, 1.807) is 35.9 Å². The molecule has 0 bridgehead atoms. The number of aryl methyl sites for hydroxylation is 1. The van der Waals surface area contributed by atoms with Crippen LogP contribution in [-0.4, -0.2) is 57.5 Å². The number of carbonyl (C=O) groups is 1. The highest BCUT2D eigenvalue weighted by Gasteiger charge is 2.33. The third-order valence-corrected chi connectivity index (χ3v) is 7.63. The lowest BCUT2D eigenvalue weighted by Crippen LogP contribution is -2.34. The van der Waals surface area contributed by atoms with Crippen LogP contribution in [0.4, 0.5) is 16.3 Å². The molecule has 33 heavy (non-hydrogen) atoms. The third kappa shape index (κ3) is 3.64. The van der Waals surface area contributed by atoms with Crippen molar-refractivity contribution >= 4 is 50.1 Å². The van der Waals surface area contributed by atoms with Crippen molar-refractivity contribution in [2.24, 2.45) is 0 Å². The van der Waals surface area contributed by atoms with Gasteiger partial charge in [-0.15, -0.1) is 11.3 Å². The first-order valence-corrected chi connectivity index (χ1v) is 11.9. The van der Waals surface area contributed by atoms with Crippen LogP contribution in [0.5, 0.6) is 5.75 Å². The second-order valence-electron chi connectivity index (χ2n) is 8.63. The Morgan fingerprint density at radius 2 is 2.15 bits per heavy atom. The monoisotopic (exact) mass is 464 g/mol. The molecule has 1 aromatic carbocycles. The van der Waals surface area contributed by atoms with Crippen LogP contribution < -0.4 is 10.1 Å². The van der Waals surface area contributed by atoms with E-state index in [2.05, 4.69) is 25.5 Å². The molecular formula is C23H24N6O3S. The minimum atomic E-state index is -0.212. The van der Waals surface area contributed by atoms with Crippen molar-refractivity contribution in [2.75, 3.05) is 19.5 Å². The molecule has 1 unspecified atom stereocenters. The Hall–Kier alpha value is -3.40. The standard InChI is InChI=1S/C23H24N6O3S/c1-29(13-3-4-13)23(30)32-14-5-6-15-19(8-14)33-22-20(15)21(24-11-25-22)27-17-7-12-10-26-28-16(12)9-18(17)31-2/h7,9-11,13-14H,3-6,8H2,1-2H3,(H,26,28)(H,24,25,27). The molecule has 0 saturated heterocycles. The quantitative estimate of drug-likeness (QED) is 0.451. The zero-order chi connectivity index (χ0) is 22.5. The predicted molar refractivity (Wildman–Crippen MR) is 126 cm³/mol. The highest BCUT2D eigenvalue weighted by Crippen LogP contribution is 2.41. The van der Waals surface area contributed by atoms with Gasteiger partial charge in [-0.1, -0.05) is 0 Å². The summed E-state index contributed by atoms with van der Waals surface area (Å²) in [6.45, 7) is 0. The van der Waals surface area contributed by atoms with Gasteiger partial charge in [-0.25, -0.2) is 14.8 Å². The summed E-state index contributed by atoms with van der Waals surface area (Å²) in [5.41, 5.74) is 2.97. The molecular weight excluding hydrogens is 440 g/mol. The molecule has 1 atom stereocenters. The van der Waals surface area contributed by atoms with Gasteiger partial charge in [0.1, 0.15) is 28.8 Å². The lowest BCUT2D eigenvalue weighted by molar-refractivity contribution is 0.0616. The van der Waals surface area contributed by atoms with E-state index in [9.17, 15) is 4.79 Å². The van der Waals surface area contributed by atoms with Crippen LogP contribution >= 0.6 is 11.3 Å². The molecule has 4 aromatic rings. The number of anilines is 2. The van der Waals surface area contributed by atoms with E-state index in [-0.39, 0.29) is 12.2 Å². The van der Waals surface area contributed by atoms with E-state index in [1.807, 2.05) is 19.2 Å². The van der Waals surface area contributed by atoms with Crippen molar-refractivity contribution < 1.29 is 14.3 Å². The number of nitrogens with zero attached hydrogens (tertiary/aromatic N) is 4. The number of hydrogen-bond donors (Lipinski definition) is 2. The molecule has 0 spiro atoms. The maximum Gasteiger partial charge on any atom is 0.410 e. The van der Waals surface area contributed by atoms with Crippen molar-refractivity contribution in [1.82, 2.24) is 25.1 Å². The number of hydrogen-bond acceptors (Lipinski definition) is 8. The molecule has 6 rings (SSSR count). The second-order valence-corrected chi connectivity index (χ2v) is 9.72. The molecule has 3 aromatic heterocycles. The molecule has 0 aliphatic heterocycles. The van der Waals surface area contributed by atoms with Crippen molar-refractivity contribution in [1.29, 1.82) is 0 Å². The fourth-order valence-electron chi connectivity index (χ4n) is 4.48. The first-order valence-electron chi connectivity index (χ1n) is 11.1. The number of aromatic amines is 1. The van der Waals surface area contributed by atoms with Crippen LogP contribution in [0.2, 0.25) is 0 Å². The molecule has 1 saturated carbocycles. The molecule has 2 N–H and O–H groups in total. The van der Waals surface area contributed by atoms with Gasteiger partial charge in [-0.05, 0) is 37.3 Å². The number of nitrogens with one attached hydrogen (secondary N) is 2. The van der Waals surface area contributed by atoms with Gasteiger partial charge in [0, 0.05) is 35.8 Å². The number of H-pyrrole nitrogens is 1. The van der Waals surface area contributed by atoms with Crippen LogP contribution in [-0.2, 0) is 17.6 Å². The minimum absolute atomic E-state index is 0.104. The van der Waals surface area contributed by atoms with Gasteiger partial charge in [0.2, 0.25) is 0 Å². The van der Waals surface area contributed by atoms with Crippen LogP contribution in [0.1, 0.15) is 29.7 Å². The first kappa shape index (κ1) is 20.2. The Kier molecular flexibility index (Phi) is 4.83. The number of amides is 1. The number of aromatic nitrogens is 4. The number of ether oxygens (including phenoxy) is 2. The zero-order valence-electron chi connectivity index (χ0n) is 18.4. The fourth-order valence-corrected chi connectivity index (χ4v) is 5.73. The smallest absolute Gasteiger partial charge is 0.410 e. The molecule has 2 aliphatic carbocycles. The van der Waals surface area contributed by atoms with Crippen LogP contribution in [0.3, 0.4) is 0 Å². The van der Waals surface area contributed by atoms with Gasteiger partial charge in [0.05, 0.1) is 29.9 Å². The Balaban J connectivity index is 1.29. The molecule has 0 radical (unpaired) electrons. The average molecular weight is 465 g/mol. The van der Waals surface area contributed by atoms with Gasteiger partial charge in [0.15, 0.2) is 0 Å². The van der Waals surface area contributed by atoms with Gasteiger partial charge in [0.25, 0.3) is 0 Å². The summed E-state index contributed by atoms with van der Waals surface area (Å²) in [5.74, 6) is 1.46. The lowest BCUT2D eigenvalue weighted by Gasteiger charge is -2.25. The second kappa shape index (κ2) is 7.87. The minimum Gasteiger partial charge on any atom is -0.494 e. The fraction of sp³-hybridized carbons (Fsp3) is 0.391. The Morgan fingerprint density at radius 3 is 2.97 bits per heavy atom. The van der Waals surface area contributed by atoms with Crippen LogP contribution in [0.25, 0.3) is 21.1 Å². The molecule has 1 amide bonds. The highest BCUT2D eigenvalue weighted by molar-refractivity contribution is 7.19. The summed E-state index contributed by atoms with van der Waals surface area (Å²) in [6, 6.07) is 4.27. The highest BCUT2D eigenvalue weighted by atomic mass is 32.1. The number of benzene rings is 1. The molecule has 9 nitrogen and oxygen atoms in total. The summed E-state index contributed by atoms with van der Waals surface area (Å²) in [5, 5.41) is 12.5. The number of carbonyl (C=O) groups excluding carboxylic acids is 1. The van der Waals surface area contributed by atoms with Crippen molar-refractivity contribution in [2.45, 2.75) is 44.2 Å². The Morgan fingerprint density at radius 1 is 1.27 bits per heavy atom. The van der Waals surface area contributed by atoms with E-state index in [4.69, 9.17) is 9.47 Å². The van der Waals surface area contributed by atoms with Crippen molar-refractivity contribution in [3.05, 3.63) is 35.1 Å². The molecule has 1 fully saturated rings. The third-order valence-electron chi connectivity index (χ3n) is 6.46. The maximum absolute atomic E-state index is 12.4. The van der Waals surface area contributed by atoms with Crippen LogP contribution in [0, 0.1) is 0 Å². The van der Waals surface area contributed by atoms with Gasteiger partial charge in [-0.3, -0.25) is 5.10 Å². The molecule has 170 valence electrons. The van der Waals surface area contributed by atoms with E-state index in [0.717, 1.165) is 58.3 Å². The first-order chi connectivity index (χ1) is 16.1. The summed E-state index contributed by atoms with van der Waals surface area (Å²) in [6.07, 6.45) is 7.52. The van der Waals surface area contributed by atoms with E-state index in [0.29, 0.717) is 18.2 Å². The summed E-state index contributed by atoms with van der Waals surface area (Å²) in [7, 11) is 3.48. The number of methoxy groups -OCH3 is 1. The van der Waals surface area contributed by atoms with E-state index < -0.39 is 0 Å². The van der Waals surface area contributed by atoms with E-state index >= 15 is 0 Å². The summed E-state index contributed by atoms with van der Waals surface area (Å²) < 4.78 is 11.4. The van der Waals surface area contributed by atoms with E-state index in [1.165, 1.54) is 10.4 Å². The van der Waals surface area contributed by atoms with Gasteiger partial charge in [-0.2, -0.15) is 5.10 Å². The number of rotatable bonds is 5. The SMILES string of the molecule is COc1cc2[nH]ncc2cc1Nc1ncnc2sc3c(c12)CCC(OC(=O)N(C)C1CC1)C3.